The van der Waals surface area contributed by atoms with Gasteiger partial charge in [0.25, 0.3) is 5.91 Å². The standard InChI is InChI=1S/C11H12N4O2/c1-17-10-4-2-8(3-5-10)11(16)15-6-9(7-15)13-14-12/h2-5,9H,6-7H2,1H3. The van der Waals surface area contributed by atoms with Gasteiger partial charge < -0.3 is 9.64 Å². The van der Waals surface area contributed by atoms with Gasteiger partial charge in [0.1, 0.15) is 5.75 Å². The first-order chi connectivity index (χ1) is 8.24. The molecule has 6 nitrogen and oxygen atoms in total. The van der Waals surface area contributed by atoms with Crippen molar-refractivity contribution in [2.45, 2.75) is 6.04 Å². The van der Waals surface area contributed by atoms with Crippen LogP contribution in [0.1, 0.15) is 10.4 Å². The average Bonchev–Trinajstić information content (AvgIpc) is 2.32. The molecule has 0 aliphatic carbocycles. The second-order valence-electron chi connectivity index (χ2n) is 3.80. The van der Waals surface area contributed by atoms with Crippen molar-refractivity contribution in [2.75, 3.05) is 20.2 Å². The highest BCUT2D eigenvalue weighted by atomic mass is 16.5. The Hall–Kier alpha value is -2.20. The Morgan fingerprint density at radius 3 is 2.65 bits per heavy atom. The number of benzene rings is 1. The number of hydrogen-bond acceptors (Lipinski definition) is 3. The van der Waals surface area contributed by atoms with E-state index in [9.17, 15) is 4.79 Å². The summed E-state index contributed by atoms with van der Waals surface area (Å²) in [5.74, 6) is 0.675. The van der Waals surface area contributed by atoms with Crippen LogP contribution in [-0.2, 0) is 0 Å². The maximum atomic E-state index is 11.9. The summed E-state index contributed by atoms with van der Waals surface area (Å²) < 4.78 is 5.02. The van der Waals surface area contributed by atoms with Crippen LogP contribution in [0.3, 0.4) is 0 Å². The SMILES string of the molecule is COc1ccc(C(=O)N2CC(N=[N+]=[N-])C2)cc1. The Balaban J connectivity index is 1.99. The van der Waals surface area contributed by atoms with Crippen molar-refractivity contribution in [1.29, 1.82) is 0 Å². The van der Waals surface area contributed by atoms with E-state index < -0.39 is 0 Å². The van der Waals surface area contributed by atoms with Gasteiger partial charge in [0.2, 0.25) is 0 Å². The smallest absolute Gasteiger partial charge is 0.253 e. The van der Waals surface area contributed by atoms with E-state index in [2.05, 4.69) is 10.0 Å². The Morgan fingerprint density at radius 1 is 1.47 bits per heavy atom. The van der Waals surface area contributed by atoms with E-state index in [4.69, 9.17) is 10.3 Å². The third-order valence-electron chi connectivity index (χ3n) is 2.70. The van der Waals surface area contributed by atoms with Gasteiger partial charge in [-0.2, -0.15) is 0 Å². The van der Waals surface area contributed by atoms with Gasteiger partial charge in [-0.05, 0) is 29.8 Å². The first-order valence-corrected chi connectivity index (χ1v) is 5.22. The summed E-state index contributed by atoms with van der Waals surface area (Å²) >= 11 is 0. The lowest BCUT2D eigenvalue weighted by molar-refractivity contribution is 0.0608. The predicted molar refractivity (Wildman–Crippen MR) is 61.8 cm³/mol. The lowest BCUT2D eigenvalue weighted by atomic mass is 10.1. The molecule has 1 saturated heterocycles. The van der Waals surface area contributed by atoms with Crippen molar-refractivity contribution in [3.05, 3.63) is 40.3 Å². The Morgan fingerprint density at radius 2 is 2.12 bits per heavy atom. The Bertz CT molecular complexity index is 459. The number of likely N-dealkylation sites (tertiary alicyclic amines) is 1. The highest BCUT2D eigenvalue weighted by Gasteiger charge is 2.30. The molecule has 17 heavy (non-hydrogen) atoms. The molecule has 0 spiro atoms. The molecular weight excluding hydrogens is 220 g/mol. The van der Waals surface area contributed by atoms with Gasteiger partial charge in [-0.15, -0.1) is 0 Å². The number of hydrogen-bond donors (Lipinski definition) is 0. The van der Waals surface area contributed by atoms with Gasteiger partial charge in [0.15, 0.2) is 0 Å². The topological polar surface area (TPSA) is 78.3 Å². The second kappa shape index (κ2) is 4.76. The zero-order chi connectivity index (χ0) is 12.3. The molecule has 0 atom stereocenters. The van der Waals surface area contributed by atoms with Crippen molar-refractivity contribution in [3.8, 4) is 5.75 Å². The first kappa shape index (κ1) is 11.3. The molecule has 1 aromatic carbocycles. The number of methoxy groups -OCH3 is 1. The molecule has 1 aliphatic heterocycles. The fourth-order valence-corrected chi connectivity index (χ4v) is 1.68. The number of rotatable bonds is 3. The van der Waals surface area contributed by atoms with Crippen LogP contribution in [0.2, 0.25) is 0 Å². The van der Waals surface area contributed by atoms with E-state index in [-0.39, 0.29) is 11.9 Å². The molecule has 0 saturated carbocycles. The maximum Gasteiger partial charge on any atom is 0.253 e. The van der Waals surface area contributed by atoms with Gasteiger partial charge in [0, 0.05) is 23.6 Å². The molecule has 0 radical (unpaired) electrons. The van der Waals surface area contributed by atoms with Crippen LogP contribution in [0.4, 0.5) is 0 Å². The number of amides is 1. The number of carbonyl (C=O) groups excluding carboxylic acids is 1. The lowest BCUT2D eigenvalue weighted by Gasteiger charge is -2.36. The third kappa shape index (κ3) is 2.32. The summed E-state index contributed by atoms with van der Waals surface area (Å²) in [6.07, 6.45) is 0. The lowest BCUT2D eigenvalue weighted by Crippen LogP contribution is -2.52. The van der Waals surface area contributed by atoms with Crippen molar-refractivity contribution >= 4 is 5.91 Å². The Kier molecular flexibility index (Phi) is 3.16. The van der Waals surface area contributed by atoms with Gasteiger partial charge in [0.05, 0.1) is 13.2 Å². The molecule has 0 N–H and O–H groups in total. The molecule has 1 aliphatic rings. The molecular formula is C11H12N4O2. The average molecular weight is 232 g/mol. The highest BCUT2D eigenvalue weighted by molar-refractivity contribution is 5.94. The zero-order valence-electron chi connectivity index (χ0n) is 9.41. The van der Waals surface area contributed by atoms with E-state index >= 15 is 0 Å². The van der Waals surface area contributed by atoms with E-state index in [1.807, 2.05) is 0 Å². The summed E-state index contributed by atoms with van der Waals surface area (Å²) in [7, 11) is 1.58. The van der Waals surface area contributed by atoms with Crippen molar-refractivity contribution in [3.63, 3.8) is 0 Å². The number of ether oxygens (including phenoxy) is 1. The minimum Gasteiger partial charge on any atom is -0.497 e. The maximum absolute atomic E-state index is 11.9. The molecule has 0 unspecified atom stereocenters. The normalized spacial score (nSPS) is 14.8. The van der Waals surface area contributed by atoms with E-state index in [1.165, 1.54) is 0 Å². The minimum absolute atomic E-state index is 0.0444. The first-order valence-electron chi connectivity index (χ1n) is 5.22. The van der Waals surface area contributed by atoms with Crippen molar-refractivity contribution in [2.24, 2.45) is 5.11 Å². The number of azide groups is 1. The van der Waals surface area contributed by atoms with E-state index in [0.29, 0.717) is 18.7 Å². The molecule has 6 heteroatoms. The summed E-state index contributed by atoms with van der Waals surface area (Å²) in [5.41, 5.74) is 8.86. The fraction of sp³-hybridized carbons (Fsp3) is 0.364. The quantitative estimate of drug-likeness (QED) is 0.452. The van der Waals surface area contributed by atoms with Gasteiger partial charge >= 0.3 is 0 Å². The number of carbonyl (C=O) groups is 1. The van der Waals surface area contributed by atoms with Gasteiger partial charge in [-0.1, -0.05) is 5.11 Å². The third-order valence-corrected chi connectivity index (χ3v) is 2.70. The van der Waals surface area contributed by atoms with E-state index in [0.717, 1.165) is 5.75 Å². The largest absolute Gasteiger partial charge is 0.497 e. The zero-order valence-corrected chi connectivity index (χ0v) is 9.41. The van der Waals surface area contributed by atoms with Crippen LogP contribution < -0.4 is 4.74 Å². The van der Waals surface area contributed by atoms with Gasteiger partial charge in [-0.25, -0.2) is 0 Å². The molecule has 0 aromatic heterocycles. The van der Waals surface area contributed by atoms with Crippen LogP contribution >= 0.6 is 0 Å². The summed E-state index contributed by atoms with van der Waals surface area (Å²) in [4.78, 5) is 16.3. The van der Waals surface area contributed by atoms with Crippen LogP contribution in [0.15, 0.2) is 29.4 Å². The van der Waals surface area contributed by atoms with Crippen LogP contribution in [0.25, 0.3) is 10.4 Å². The molecule has 1 heterocycles. The Labute approximate surface area is 98.4 Å². The number of nitrogens with zero attached hydrogens (tertiary/aromatic N) is 4. The second-order valence-corrected chi connectivity index (χ2v) is 3.80. The summed E-state index contributed by atoms with van der Waals surface area (Å²) in [5, 5.41) is 3.55. The molecule has 2 rings (SSSR count). The molecule has 1 amide bonds. The summed E-state index contributed by atoms with van der Waals surface area (Å²) in [6, 6.07) is 6.86. The fourth-order valence-electron chi connectivity index (χ4n) is 1.68. The van der Waals surface area contributed by atoms with Crippen molar-refractivity contribution < 1.29 is 9.53 Å². The predicted octanol–water partition coefficient (Wildman–Crippen LogP) is 1.83. The van der Waals surface area contributed by atoms with Crippen LogP contribution in [0.5, 0.6) is 5.75 Å². The molecule has 88 valence electrons. The minimum atomic E-state index is -0.0813. The van der Waals surface area contributed by atoms with Crippen molar-refractivity contribution in [1.82, 2.24) is 4.90 Å². The van der Waals surface area contributed by atoms with Crippen LogP contribution in [0, 0.1) is 0 Å². The van der Waals surface area contributed by atoms with E-state index in [1.54, 1.807) is 36.3 Å². The van der Waals surface area contributed by atoms with Gasteiger partial charge in [-0.3, -0.25) is 4.79 Å². The molecule has 1 fully saturated rings. The highest BCUT2D eigenvalue weighted by Crippen LogP contribution is 2.18. The molecule has 1 aromatic rings. The molecule has 0 bridgehead atoms. The summed E-state index contributed by atoms with van der Waals surface area (Å²) in [6.45, 7) is 0.990. The monoisotopic (exact) mass is 232 g/mol. The van der Waals surface area contributed by atoms with Crippen LogP contribution in [-0.4, -0.2) is 37.0 Å².